The molecule has 1 fully saturated rings. The second kappa shape index (κ2) is 2.86. The molecule has 1 saturated carbocycles. The van der Waals surface area contributed by atoms with E-state index in [0.717, 1.165) is 18.6 Å². The molecule has 15 heavy (non-hydrogen) atoms. The van der Waals surface area contributed by atoms with Gasteiger partial charge in [-0.05, 0) is 18.4 Å². The maximum atomic E-state index is 5.58. The summed E-state index contributed by atoms with van der Waals surface area (Å²) in [7, 11) is 0. The molecule has 1 aliphatic rings. The van der Waals surface area contributed by atoms with E-state index < -0.39 is 0 Å². The van der Waals surface area contributed by atoms with Crippen LogP contribution in [-0.4, -0.2) is 5.16 Å². The number of aromatic nitrogens is 1. The van der Waals surface area contributed by atoms with E-state index in [0.29, 0.717) is 5.82 Å². The molecule has 76 valence electrons. The minimum Gasteiger partial charge on any atom is -0.381 e. The van der Waals surface area contributed by atoms with E-state index in [-0.39, 0.29) is 5.41 Å². The molecule has 3 nitrogen and oxygen atoms in total. The lowest BCUT2D eigenvalue weighted by Gasteiger charge is -2.10. The topological polar surface area (TPSA) is 52.0 Å². The van der Waals surface area contributed by atoms with Crippen molar-refractivity contribution in [2.45, 2.75) is 18.3 Å². The second-order valence-corrected chi connectivity index (χ2v) is 4.06. The summed E-state index contributed by atoms with van der Waals surface area (Å²) in [4.78, 5) is 0. The van der Waals surface area contributed by atoms with Crippen LogP contribution in [0.25, 0.3) is 0 Å². The van der Waals surface area contributed by atoms with Gasteiger partial charge in [-0.3, -0.25) is 0 Å². The molecule has 0 atom stereocenters. The largest absolute Gasteiger partial charge is 0.381 e. The number of hydrogen-bond donors (Lipinski definition) is 1. The van der Waals surface area contributed by atoms with Crippen LogP contribution < -0.4 is 5.73 Å². The lowest BCUT2D eigenvalue weighted by molar-refractivity contribution is 0.368. The summed E-state index contributed by atoms with van der Waals surface area (Å²) in [6, 6.07) is 12.2. The summed E-state index contributed by atoms with van der Waals surface area (Å²) in [5, 5.41) is 3.75. The van der Waals surface area contributed by atoms with Crippen molar-refractivity contribution in [2.24, 2.45) is 0 Å². The molecule has 2 N–H and O–H groups in total. The number of rotatable bonds is 2. The Hall–Kier alpha value is -1.77. The molecule has 0 unspecified atom stereocenters. The molecule has 0 radical (unpaired) electrons. The summed E-state index contributed by atoms with van der Waals surface area (Å²) < 4.78 is 5.27. The molecule has 0 amide bonds. The molecule has 3 heteroatoms. The Balaban J connectivity index is 2.05. The molecule has 1 aromatic heterocycles. The van der Waals surface area contributed by atoms with Crippen LogP contribution in [-0.2, 0) is 5.41 Å². The van der Waals surface area contributed by atoms with Gasteiger partial charge in [-0.2, -0.15) is 0 Å². The first-order chi connectivity index (χ1) is 7.31. The number of hydrogen-bond acceptors (Lipinski definition) is 3. The maximum Gasteiger partial charge on any atom is 0.167 e. The minimum absolute atomic E-state index is 0.0475. The average Bonchev–Trinajstić information content (AvgIpc) is 2.98. The van der Waals surface area contributed by atoms with E-state index >= 15 is 0 Å². The predicted octanol–water partition coefficient (Wildman–Crippen LogP) is 2.34. The van der Waals surface area contributed by atoms with Crippen molar-refractivity contribution in [2.75, 3.05) is 5.73 Å². The van der Waals surface area contributed by atoms with Gasteiger partial charge in [-0.25, -0.2) is 0 Å². The summed E-state index contributed by atoms with van der Waals surface area (Å²) >= 11 is 0. The molecule has 0 bridgehead atoms. The number of nitrogens with zero attached hydrogens (tertiary/aromatic N) is 1. The number of anilines is 1. The van der Waals surface area contributed by atoms with Crippen molar-refractivity contribution in [3.05, 3.63) is 47.7 Å². The smallest absolute Gasteiger partial charge is 0.167 e. The van der Waals surface area contributed by atoms with Gasteiger partial charge in [0.1, 0.15) is 5.76 Å². The van der Waals surface area contributed by atoms with Crippen LogP contribution in [0.2, 0.25) is 0 Å². The number of benzene rings is 1. The predicted molar refractivity (Wildman–Crippen MR) is 57.4 cm³/mol. The summed E-state index contributed by atoms with van der Waals surface area (Å²) in [5.41, 5.74) is 6.92. The van der Waals surface area contributed by atoms with Gasteiger partial charge >= 0.3 is 0 Å². The normalized spacial score (nSPS) is 17.6. The molecule has 0 saturated heterocycles. The van der Waals surface area contributed by atoms with Crippen LogP contribution in [0.5, 0.6) is 0 Å². The van der Waals surface area contributed by atoms with Crippen molar-refractivity contribution in [1.29, 1.82) is 0 Å². The highest BCUT2D eigenvalue weighted by Gasteiger charge is 2.49. The number of nitrogens with two attached hydrogens (primary N) is 1. The van der Waals surface area contributed by atoms with Crippen molar-refractivity contribution >= 4 is 5.82 Å². The SMILES string of the molecule is Nc1cc(C2(c3ccccc3)CC2)on1. The Morgan fingerprint density at radius 1 is 1.20 bits per heavy atom. The first-order valence-electron chi connectivity index (χ1n) is 5.09. The highest BCUT2D eigenvalue weighted by atomic mass is 16.5. The zero-order chi connectivity index (χ0) is 10.3. The van der Waals surface area contributed by atoms with Crippen molar-refractivity contribution in [3.8, 4) is 0 Å². The van der Waals surface area contributed by atoms with Crippen LogP contribution in [0, 0.1) is 0 Å². The first kappa shape index (κ1) is 8.53. The van der Waals surface area contributed by atoms with Gasteiger partial charge < -0.3 is 10.3 Å². The van der Waals surface area contributed by atoms with Gasteiger partial charge in [0.2, 0.25) is 0 Å². The Bertz CT molecular complexity index is 471. The van der Waals surface area contributed by atoms with E-state index in [1.807, 2.05) is 12.1 Å². The van der Waals surface area contributed by atoms with Crippen LogP contribution >= 0.6 is 0 Å². The van der Waals surface area contributed by atoms with E-state index in [1.165, 1.54) is 5.56 Å². The molecule has 1 aromatic carbocycles. The van der Waals surface area contributed by atoms with E-state index in [2.05, 4.69) is 29.4 Å². The van der Waals surface area contributed by atoms with Crippen molar-refractivity contribution < 1.29 is 4.52 Å². The molecule has 0 aliphatic heterocycles. The molecule has 3 rings (SSSR count). The Morgan fingerprint density at radius 2 is 1.93 bits per heavy atom. The monoisotopic (exact) mass is 200 g/mol. The van der Waals surface area contributed by atoms with Gasteiger partial charge in [0, 0.05) is 6.07 Å². The van der Waals surface area contributed by atoms with Gasteiger partial charge in [0.05, 0.1) is 5.41 Å². The third-order valence-corrected chi connectivity index (χ3v) is 3.08. The molecule has 2 aromatic rings. The fourth-order valence-corrected chi connectivity index (χ4v) is 2.07. The third-order valence-electron chi connectivity index (χ3n) is 3.08. The van der Waals surface area contributed by atoms with Crippen molar-refractivity contribution in [3.63, 3.8) is 0 Å². The van der Waals surface area contributed by atoms with Gasteiger partial charge in [0.15, 0.2) is 5.82 Å². The quantitative estimate of drug-likeness (QED) is 0.809. The van der Waals surface area contributed by atoms with Gasteiger partial charge in [0.25, 0.3) is 0 Å². The highest BCUT2D eigenvalue weighted by molar-refractivity contribution is 5.43. The van der Waals surface area contributed by atoms with Gasteiger partial charge in [-0.1, -0.05) is 35.5 Å². The first-order valence-corrected chi connectivity index (χ1v) is 5.09. The number of nitrogen functional groups attached to an aromatic ring is 1. The van der Waals surface area contributed by atoms with Crippen LogP contribution in [0.15, 0.2) is 40.9 Å². The Kier molecular flexibility index (Phi) is 1.63. The molecule has 1 aliphatic carbocycles. The van der Waals surface area contributed by atoms with Crippen molar-refractivity contribution in [1.82, 2.24) is 5.16 Å². The highest BCUT2D eigenvalue weighted by Crippen LogP contribution is 2.53. The standard InChI is InChI=1S/C12H12N2O/c13-11-8-10(15-14-11)12(6-7-12)9-4-2-1-3-5-9/h1-5,8H,6-7H2,(H2,13,14). The fraction of sp³-hybridized carbons (Fsp3) is 0.250. The lowest BCUT2D eigenvalue weighted by Crippen LogP contribution is -2.06. The summed E-state index contributed by atoms with van der Waals surface area (Å²) in [6.45, 7) is 0. The molecule has 1 heterocycles. The fourth-order valence-electron chi connectivity index (χ4n) is 2.07. The molecular formula is C12H12N2O. The average molecular weight is 200 g/mol. The second-order valence-electron chi connectivity index (χ2n) is 4.06. The maximum absolute atomic E-state index is 5.58. The molecular weight excluding hydrogens is 188 g/mol. The zero-order valence-electron chi connectivity index (χ0n) is 8.31. The summed E-state index contributed by atoms with van der Waals surface area (Å²) in [6.07, 6.45) is 2.23. The Morgan fingerprint density at radius 3 is 2.47 bits per heavy atom. The van der Waals surface area contributed by atoms with Crippen LogP contribution in [0.1, 0.15) is 24.2 Å². The van der Waals surface area contributed by atoms with Crippen LogP contribution in [0.3, 0.4) is 0 Å². The van der Waals surface area contributed by atoms with E-state index in [1.54, 1.807) is 0 Å². The molecule has 0 spiro atoms. The van der Waals surface area contributed by atoms with Gasteiger partial charge in [-0.15, -0.1) is 0 Å². The van der Waals surface area contributed by atoms with E-state index in [9.17, 15) is 0 Å². The van der Waals surface area contributed by atoms with E-state index in [4.69, 9.17) is 10.3 Å². The van der Waals surface area contributed by atoms with Crippen LogP contribution in [0.4, 0.5) is 5.82 Å². The third kappa shape index (κ3) is 1.23. The summed E-state index contributed by atoms with van der Waals surface area (Å²) in [5.74, 6) is 1.36. The zero-order valence-corrected chi connectivity index (χ0v) is 8.31. The Labute approximate surface area is 87.9 Å². The minimum atomic E-state index is 0.0475. The lowest BCUT2D eigenvalue weighted by atomic mass is 9.93.